The van der Waals surface area contributed by atoms with Crippen molar-refractivity contribution in [2.24, 2.45) is 11.3 Å². The number of hydrogen-bond acceptors (Lipinski definition) is 5. The predicted molar refractivity (Wildman–Crippen MR) is 93.3 cm³/mol. The fraction of sp³-hybridized carbons (Fsp3) is 0.667. The number of nitrogens with zero attached hydrogens (tertiary/aromatic N) is 3. The minimum Gasteiger partial charge on any atom is -0.444 e. The van der Waals surface area contributed by atoms with E-state index in [4.69, 9.17) is 16.3 Å². The molecule has 3 rings (SSSR count). The van der Waals surface area contributed by atoms with Crippen LogP contribution >= 0.6 is 11.6 Å². The van der Waals surface area contributed by atoms with E-state index in [2.05, 4.69) is 10.2 Å². The molecule has 1 unspecified atom stereocenters. The molecule has 1 spiro atoms. The van der Waals surface area contributed by atoms with Gasteiger partial charge in [0.2, 0.25) is 0 Å². The van der Waals surface area contributed by atoms with Crippen LogP contribution in [0.4, 0.5) is 4.79 Å². The van der Waals surface area contributed by atoms with Gasteiger partial charge in [0.15, 0.2) is 5.15 Å². The second kappa shape index (κ2) is 6.56. The summed E-state index contributed by atoms with van der Waals surface area (Å²) in [7, 11) is 0. The van der Waals surface area contributed by atoms with Crippen LogP contribution in [0.5, 0.6) is 0 Å². The van der Waals surface area contributed by atoms with Crippen molar-refractivity contribution in [3.8, 4) is 0 Å². The molecule has 6 nitrogen and oxygen atoms in total. The molecular weight excluding hydrogens is 342 g/mol. The van der Waals surface area contributed by atoms with E-state index in [9.17, 15) is 9.59 Å². The molecule has 1 atom stereocenters. The van der Waals surface area contributed by atoms with Gasteiger partial charge in [-0.05, 0) is 57.6 Å². The SMILES string of the molecule is CC(C)(C)OC(=O)N1CCC2(CC1)CC2C(=O)Cc1ccc(Cl)nn1. The normalized spacial score (nSPS) is 21.9. The average molecular weight is 366 g/mol. The zero-order chi connectivity index (χ0) is 18.2. The highest BCUT2D eigenvalue weighted by Crippen LogP contribution is 2.60. The molecule has 0 aromatic carbocycles. The summed E-state index contributed by atoms with van der Waals surface area (Å²) in [5, 5.41) is 8.07. The number of aromatic nitrogens is 2. The molecule has 0 radical (unpaired) electrons. The van der Waals surface area contributed by atoms with Crippen molar-refractivity contribution in [3.63, 3.8) is 0 Å². The molecule has 1 saturated carbocycles. The summed E-state index contributed by atoms with van der Waals surface area (Å²) in [5.74, 6) is 0.285. The smallest absolute Gasteiger partial charge is 0.410 e. The number of amides is 1. The first kappa shape index (κ1) is 18.1. The van der Waals surface area contributed by atoms with Crippen molar-refractivity contribution < 1.29 is 14.3 Å². The molecule has 1 aliphatic carbocycles. The summed E-state index contributed by atoms with van der Waals surface area (Å²) in [6.45, 7) is 6.90. The zero-order valence-electron chi connectivity index (χ0n) is 14.9. The summed E-state index contributed by atoms with van der Waals surface area (Å²) in [5.41, 5.74) is 0.238. The molecule has 1 aromatic rings. The fourth-order valence-corrected chi connectivity index (χ4v) is 3.66. The standard InChI is InChI=1S/C18H24ClN3O3/c1-17(2,3)25-16(24)22-8-6-18(7-9-22)11-13(18)14(23)10-12-4-5-15(19)21-20-12/h4-5,13H,6-11H2,1-3H3. The number of Topliss-reactive ketones (excluding diaryl/α,β-unsaturated/α-hetero) is 1. The molecular formula is C18H24ClN3O3. The molecule has 2 aliphatic rings. The lowest BCUT2D eigenvalue weighted by Crippen LogP contribution is -2.42. The molecule has 0 bridgehead atoms. The molecule has 1 aliphatic heterocycles. The number of hydrogen-bond donors (Lipinski definition) is 0. The lowest BCUT2D eigenvalue weighted by atomic mass is 9.89. The number of ketones is 1. The molecule has 2 fully saturated rings. The summed E-state index contributed by atoms with van der Waals surface area (Å²) >= 11 is 5.72. The third kappa shape index (κ3) is 4.29. The second-order valence-electron chi connectivity index (χ2n) is 8.08. The minimum atomic E-state index is -0.482. The van der Waals surface area contributed by atoms with Crippen LogP contribution in [0.15, 0.2) is 12.1 Å². The highest BCUT2D eigenvalue weighted by molar-refractivity contribution is 6.29. The van der Waals surface area contributed by atoms with E-state index in [1.54, 1.807) is 17.0 Å². The van der Waals surface area contributed by atoms with Gasteiger partial charge < -0.3 is 9.64 Å². The van der Waals surface area contributed by atoms with Crippen molar-refractivity contribution in [2.75, 3.05) is 13.1 Å². The van der Waals surface area contributed by atoms with E-state index in [1.807, 2.05) is 20.8 Å². The average Bonchev–Trinajstić information content (AvgIpc) is 3.22. The van der Waals surface area contributed by atoms with Crippen molar-refractivity contribution in [3.05, 3.63) is 23.0 Å². The van der Waals surface area contributed by atoms with Gasteiger partial charge in [0.1, 0.15) is 11.4 Å². The Kier molecular flexibility index (Phi) is 4.75. The largest absolute Gasteiger partial charge is 0.444 e. The van der Waals surface area contributed by atoms with Crippen LogP contribution in [0.3, 0.4) is 0 Å². The fourth-order valence-electron chi connectivity index (χ4n) is 3.56. The van der Waals surface area contributed by atoms with Crippen molar-refractivity contribution in [1.82, 2.24) is 15.1 Å². The number of halogens is 1. The van der Waals surface area contributed by atoms with Gasteiger partial charge in [0.25, 0.3) is 0 Å². The van der Waals surface area contributed by atoms with Crippen LogP contribution in [0.25, 0.3) is 0 Å². The van der Waals surface area contributed by atoms with E-state index < -0.39 is 5.60 Å². The molecule has 1 saturated heterocycles. The van der Waals surface area contributed by atoms with Gasteiger partial charge in [-0.1, -0.05) is 11.6 Å². The Balaban J connectivity index is 1.51. The summed E-state index contributed by atoms with van der Waals surface area (Å²) in [4.78, 5) is 26.4. The van der Waals surface area contributed by atoms with Gasteiger partial charge in [-0.25, -0.2) is 4.79 Å². The van der Waals surface area contributed by atoms with Crippen LogP contribution in [0, 0.1) is 11.3 Å². The first-order valence-corrected chi connectivity index (χ1v) is 9.05. The van der Waals surface area contributed by atoms with Gasteiger partial charge in [-0.3, -0.25) is 4.79 Å². The maximum Gasteiger partial charge on any atom is 0.410 e. The lowest BCUT2D eigenvalue weighted by Gasteiger charge is -2.34. The lowest BCUT2D eigenvalue weighted by molar-refractivity contribution is -0.120. The van der Waals surface area contributed by atoms with Gasteiger partial charge >= 0.3 is 6.09 Å². The number of rotatable bonds is 3. The number of ether oxygens (including phenoxy) is 1. The van der Waals surface area contributed by atoms with Crippen LogP contribution in [-0.4, -0.2) is 45.7 Å². The van der Waals surface area contributed by atoms with Crippen molar-refractivity contribution in [2.45, 2.75) is 52.1 Å². The van der Waals surface area contributed by atoms with E-state index >= 15 is 0 Å². The maximum absolute atomic E-state index is 12.5. The molecule has 7 heteroatoms. The van der Waals surface area contributed by atoms with E-state index in [0.29, 0.717) is 30.4 Å². The van der Waals surface area contributed by atoms with Crippen molar-refractivity contribution in [1.29, 1.82) is 0 Å². The van der Waals surface area contributed by atoms with Gasteiger partial charge in [-0.2, -0.15) is 5.10 Å². The molecule has 2 heterocycles. The Bertz CT molecular complexity index is 661. The molecule has 1 amide bonds. The van der Waals surface area contributed by atoms with Gasteiger partial charge in [-0.15, -0.1) is 5.10 Å². The number of piperidine rings is 1. The van der Waals surface area contributed by atoms with Crippen LogP contribution in [-0.2, 0) is 16.0 Å². The third-order valence-corrected chi connectivity index (χ3v) is 5.23. The summed E-state index contributed by atoms with van der Waals surface area (Å²) in [6.07, 6.45) is 2.66. The number of carbonyl (C=O) groups excluding carboxylic acids is 2. The first-order valence-electron chi connectivity index (χ1n) is 8.67. The Morgan fingerprint density at radius 1 is 1.28 bits per heavy atom. The van der Waals surface area contributed by atoms with E-state index in [1.165, 1.54) is 0 Å². The molecule has 0 N–H and O–H groups in total. The Morgan fingerprint density at radius 3 is 2.52 bits per heavy atom. The molecule has 25 heavy (non-hydrogen) atoms. The first-order chi connectivity index (χ1) is 11.7. The highest BCUT2D eigenvalue weighted by atomic mass is 35.5. The summed E-state index contributed by atoms with van der Waals surface area (Å²) < 4.78 is 5.42. The van der Waals surface area contributed by atoms with Gasteiger partial charge in [0, 0.05) is 19.0 Å². The van der Waals surface area contributed by atoms with E-state index in [0.717, 1.165) is 19.3 Å². The van der Waals surface area contributed by atoms with Gasteiger partial charge in [0.05, 0.1) is 12.1 Å². The number of likely N-dealkylation sites (tertiary alicyclic amines) is 1. The Labute approximate surface area is 152 Å². The van der Waals surface area contributed by atoms with E-state index in [-0.39, 0.29) is 23.2 Å². The minimum absolute atomic E-state index is 0.0649. The predicted octanol–water partition coefficient (Wildman–Crippen LogP) is 3.28. The zero-order valence-corrected chi connectivity index (χ0v) is 15.7. The molecule has 136 valence electrons. The molecule has 1 aromatic heterocycles. The van der Waals surface area contributed by atoms with Crippen LogP contribution < -0.4 is 0 Å². The summed E-state index contributed by atoms with van der Waals surface area (Å²) in [6, 6.07) is 3.40. The Hall–Kier alpha value is -1.69. The van der Waals surface area contributed by atoms with Crippen LogP contribution in [0.2, 0.25) is 5.15 Å². The highest BCUT2D eigenvalue weighted by Gasteiger charge is 2.58. The quantitative estimate of drug-likeness (QED) is 0.821. The monoisotopic (exact) mass is 365 g/mol. The second-order valence-corrected chi connectivity index (χ2v) is 8.46. The maximum atomic E-state index is 12.5. The Morgan fingerprint density at radius 2 is 1.96 bits per heavy atom. The number of carbonyl (C=O) groups is 2. The van der Waals surface area contributed by atoms with Crippen molar-refractivity contribution >= 4 is 23.5 Å². The third-order valence-electron chi connectivity index (χ3n) is 5.03. The topological polar surface area (TPSA) is 72.4 Å². The van der Waals surface area contributed by atoms with Crippen LogP contribution in [0.1, 0.15) is 45.7 Å².